The highest BCUT2D eigenvalue weighted by atomic mass is 32.2. The molecule has 1 amide bonds. The van der Waals surface area contributed by atoms with Crippen molar-refractivity contribution in [1.82, 2.24) is 10.2 Å². The van der Waals surface area contributed by atoms with Crippen LogP contribution in [-0.4, -0.2) is 29.1 Å². The van der Waals surface area contributed by atoms with Crippen molar-refractivity contribution in [3.05, 3.63) is 65.2 Å². The monoisotopic (exact) mass is 382 g/mol. The Bertz CT molecular complexity index is 738. The SMILES string of the molecule is Cc1ccc(S[C@@H](C)C(=O)NCc2cccc(CN3CCCCC3)c2)cc1. The number of nitrogens with one attached hydrogen (secondary N) is 1. The molecule has 1 heterocycles. The van der Waals surface area contributed by atoms with Gasteiger partial charge in [0, 0.05) is 18.0 Å². The third-order valence-electron chi connectivity index (χ3n) is 5.02. The molecule has 3 nitrogen and oxygen atoms in total. The maximum atomic E-state index is 12.4. The lowest BCUT2D eigenvalue weighted by Crippen LogP contribution is -2.30. The van der Waals surface area contributed by atoms with E-state index in [0.29, 0.717) is 6.54 Å². The number of thioether (sulfide) groups is 1. The fraction of sp³-hybridized carbons (Fsp3) is 0.435. The number of benzene rings is 2. The van der Waals surface area contributed by atoms with E-state index in [0.717, 1.165) is 11.4 Å². The van der Waals surface area contributed by atoms with E-state index in [1.54, 1.807) is 11.8 Å². The summed E-state index contributed by atoms with van der Waals surface area (Å²) in [6.07, 6.45) is 3.99. The second-order valence-electron chi connectivity index (χ2n) is 7.45. The molecule has 0 saturated carbocycles. The van der Waals surface area contributed by atoms with E-state index in [1.807, 2.05) is 6.92 Å². The minimum absolute atomic E-state index is 0.0852. The van der Waals surface area contributed by atoms with Crippen LogP contribution in [0.5, 0.6) is 0 Å². The molecule has 4 heteroatoms. The Kier molecular flexibility index (Phi) is 7.36. The van der Waals surface area contributed by atoms with Crippen LogP contribution < -0.4 is 5.32 Å². The number of hydrogen-bond acceptors (Lipinski definition) is 3. The van der Waals surface area contributed by atoms with E-state index in [2.05, 4.69) is 65.7 Å². The summed E-state index contributed by atoms with van der Waals surface area (Å²) in [7, 11) is 0. The van der Waals surface area contributed by atoms with Gasteiger partial charge in [0.2, 0.25) is 5.91 Å². The molecule has 0 radical (unpaired) electrons. The molecule has 2 aromatic carbocycles. The summed E-state index contributed by atoms with van der Waals surface area (Å²) in [6.45, 7) is 8.05. The number of aryl methyl sites for hydroxylation is 1. The summed E-state index contributed by atoms with van der Waals surface area (Å²) < 4.78 is 0. The van der Waals surface area contributed by atoms with Crippen LogP contribution in [0.15, 0.2) is 53.4 Å². The molecule has 144 valence electrons. The summed E-state index contributed by atoms with van der Waals surface area (Å²) in [5.41, 5.74) is 3.75. The first kappa shape index (κ1) is 20.0. The van der Waals surface area contributed by atoms with Gasteiger partial charge in [-0.1, -0.05) is 48.4 Å². The van der Waals surface area contributed by atoms with E-state index in [4.69, 9.17) is 0 Å². The van der Waals surface area contributed by atoms with Gasteiger partial charge in [-0.05, 0) is 63.0 Å². The number of carbonyl (C=O) groups excluding carboxylic acids is 1. The van der Waals surface area contributed by atoms with E-state index in [-0.39, 0.29) is 11.2 Å². The van der Waals surface area contributed by atoms with E-state index in [1.165, 1.54) is 49.0 Å². The summed E-state index contributed by atoms with van der Waals surface area (Å²) in [5.74, 6) is 0.0852. The predicted octanol–water partition coefficient (Wildman–Crippen LogP) is 4.78. The van der Waals surface area contributed by atoms with Gasteiger partial charge in [-0.25, -0.2) is 0 Å². The smallest absolute Gasteiger partial charge is 0.233 e. The second-order valence-corrected chi connectivity index (χ2v) is 8.86. The quantitative estimate of drug-likeness (QED) is 0.700. The highest BCUT2D eigenvalue weighted by Crippen LogP contribution is 2.23. The first-order valence-electron chi connectivity index (χ1n) is 9.91. The zero-order valence-electron chi connectivity index (χ0n) is 16.4. The van der Waals surface area contributed by atoms with Gasteiger partial charge in [0.05, 0.1) is 5.25 Å². The van der Waals surface area contributed by atoms with Crippen molar-refractivity contribution in [2.24, 2.45) is 0 Å². The third kappa shape index (κ3) is 6.40. The van der Waals surface area contributed by atoms with Crippen LogP contribution in [0.2, 0.25) is 0 Å². The number of carbonyl (C=O) groups is 1. The van der Waals surface area contributed by atoms with Crippen LogP contribution in [0, 0.1) is 6.92 Å². The normalized spacial score (nSPS) is 16.1. The lowest BCUT2D eigenvalue weighted by Gasteiger charge is -2.26. The average molecular weight is 383 g/mol. The standard InChI is InChI=1S/C23H30N2OS/c1-18-9-11-22(12-10-18)27-19(2)23(26)24-16-20-7-6-8-21(15-20)17-25-13-4-3-5-14-25/h6-12,15,19H,3-5,13-14,16-17H2,1-2H3,(H,24,26)/t19-/m0/s1. The summed E-state index contributed by atoms with van der Waals surface area (Å²) in [4.78, 5) is 16.1. The van der Waals surface area contributed by atoms with Crippen molar-refractivity contribution in [3.63, 3.8) is 0 Å². The van der Waals surface area contributed by atoms with Gasteiger partial charge < -0.3 is 5.32 Å². The Labute approximate surface area is 167 Å². The molecule has 1 aliphatic rings. The molecule has 1 saturated heterocycles. The fourth-order valence-electron chi connectivity index (χ4n) is 3.42. The maximum absolute atomic E-state index is 12.4. The topological polar surface area (TPSA) is 32.3 Å². The van der Waals surface area contributed by atoms with Gasteiger partial charge in [-0.2, -0.15) is 0 Å². The Hall–Kier alpha value is -1.78. The molecule has 3 rings (SSSR count). The molecule has 0 aliphatic carbocycles. The first-order chi connectivity index (χ1) is 13.1. The molecule has 1 aliphatic heterocycles. The lowest BCUT2D eigenvalue weighted by atomic mass is 10.1. The van der Waals surface area contributed by atoms with Gasteiger partial charge in [0.15, 0.2) is 0 Å². The minimum atomic E-state index is -0.107. The Morgan fingerprint density at radius 1 is 1.07 bits per heavy atom. The van der Waals surface area contributed by atoms with Crippen molar-refractivity contribution in [2.75, 3.05) is 13.1 Å². The highest BCUT2D eigenvalue weighted by molar-refractivity contribution is 8.00. The molecule has 1 fully saturated rings. The molecule has 0 aromatic heterocycles. The third-order valence-corrected chi connectivity index (χ3v) is 6.13. The largest absolute Gasteiger partial charge is 0.351 e. The van der Waals surface area contributed by atoms with Gasteiger partial charge in [-0.15, -0.1) is 11.8 Å². The number of amides is 1. The highest BCUT2D eigenvalue weighted by Gasteiger charge is 2.14. The molecule has 2 aromatic rings. The van der Waals surface area contributed by atoms with Crippen LogP contribution in [0.25, 0.3) is 0 Å². The van der Waals surface area contributed by atoms with Crippen molar-refractivity contribution in [1.29, 1.82) is 0 Å². The van der Waals surface area contributed by atoms with Crippen molar-refractivity contribution < 1.29 is 4.79 Å². The van der Waals surface area contributed by atoms with Gasteiger partial charge in [0.1, 0.15) is 0 Å². The Balaban J connectivity index is 1.49. The van der Waals surface area contributed by atoms with Gasteiger partial charge in [-0.3, -0.25) is 9.69 Å². The van der Waals surface area contributed by atoms with Crippen LogP contribution in [-0.2, 0) is 17.9 Å². The predicted molar refractivity (Wildman–Crippen MR) is 114 cm³/mol. The second kappa shape index (κ2) is 9.95. The van der Waals surface area contributed by atoms with Gasteiger partial charge in [0.25, 0.3) is 0 Å². The van der Waals surface area contributed by atoms with Crippen LogP contribution >= 0.6 is 11.8 Å². The van der Waals surface area contributed by atoms with E-state index in [9.17, 15) is 4.79 Å². The molecule has 0 bridgehead atoms. The first-order valence-corrected chi connectivity index (χ1v) is 10.8. The summed E-state index contributed by atoms with van der Waals surface area (Å²) in [6, 6.07) is 16.9. The molecule has 1 atom stereocenters. The van der Waals surface area contributed by atoms with Crippen LogP contribution in [0.3, 0.4) is 0 Å². The molecule has 0 unspecified atom stereocenters. The number of piperidine rings is 1. The van der Waals surface area contributed by atoms with Crippen molar-refractivity contribution >= 4 is 17.7 Å². The van der Waals surface area contributed by atoms with Gasteiger partial charge >= 0.3 is 0 Å². The van der Waals surface area contributed by atoms with Crippen molar-refractivity contribution in [2.45, 2.75) is 56.3 Å². The number of hydrogen-bond donors (Lipinski definition) is 1. The van der Waals surface area contributed by atoms with E-state index >= 15 is 0 Å². The Morgan fingerprint density at radius 2 is 1.78 bits per heavy atom. The molecular formula is C23H30N2OS. The van der Waals surface area contributed by atoms with Crippen molar-refractivity contribution in [3.8, 4) is 0 Å². The summed E-state index contributed by atoms with van der Waals surface area (Å²) >= 11 is 1.60. The number of nitrogens with zero attached hydrogens (tertiary/aromatic N) is 1. The molecule has 27 heavy (non-hydrogen) atoms. The fourth-order valence-corrected chi connectivity index (χ4v) is 4.31. The molecule has 1 N–H and O–H groups in total. The molecule has 0 spiro atoms. The number of rotatable bonds is 7. The van der Waals surface area contributed by atoms with E-state index < -0.39 is 0 Å². The van der Waals surface area contributed by atoms with Crippen LogP contribution in [0.1, 0.15) is 42.9 Å². The maximum Gasteiger partial charge on any atom is 0.233 e. The zero-order valence-corrected chi connectivity index (χ0v) is 17.2. The number of likely N-dealkylation sites (tertiary alicyclic amines) is 1. The minimum Gasteiger partial charge on any atom is -0.351 e. The zero-order chi connectivity index (χ0) is 19.1. The Morgan fingerprint density at radius 3 is 2.52 bits per heavy atom. The lowest BCUT2D eigenvalue weighted by molar-refractivity contribution is -0.120. The average Bonchev–Trinajstić information content (AvgIpc) is 2.69. The van der Waals surface area contributed by atoms with Crippen LogP contribution in [0.4, 0.5) is 0 Å². The summed E-state index contributed by atoms with van der Waals surface area (Å²) in [5, 5.41) is 2.98. The molecular weight excluding hydrogens is 352 g/mol.